The molecule has 2 heterocycles. The molecule has 0 saturated carbocycles. The van der Waals surface area contributed by atoms with E-state index in [1.807, 2.05) is 0 Å². The largest absolute Gasteiger partial charge is 0.328 e. The smallest absolute Gasteiger partial charge is 0.269 e. The third kappa shape index (κ3) is 3.01. The van der Waals surface area contributed by atoms with E-state index in [0.717, 1.165) is 43.5 Å². The number of aromatic nitrogens is 2. The summed E-state index contributed by atoms with van der Waals surface area (Å²) in [6.45, 7) is 10.5. The van der Waals surface area contributed by atoms with Crippen LogP contribution in [0.5, 0.6) is 0 Å². The van der Waals surface area contributed by atoms with Crippen molar-refractivity contribution in [2.75, 3.05) is 19.6 Å². The highest BCUT2D eigenvalue weighted by Gasteiger charge is 2.16. The molecule has 6 nitrogen and oxygen atoms in total. The van der Waals surface area contributed by atoms with E-state index in [0.29, 0.717) is 18.3 Å². The summed E-state index contributed by atoms with van der Waals surface area (Å²) in [6.07, 6.45) is 3.37. The molecule has 114 valence electrons. The molecule has 0 bridgehead atoms. The Morgan fingerprint density at radius 2 is 2.09 bits per heavy atom. The molecule has 0 aliphatic carbocycles. The minimum Gasteiger partial charge on any atom is -0.328 e. The average molecular weight is 297 g/mol. The van der Waals surface area contributed by atoms with Gasteiger partial charge in [0, 0.05) is 19.1 Å². The van der Waals surface area contributed by atoms with Crippen LogP contribution >= 0.6 is 0 Å². The van der Waals surface area contributed by atoms with Gasteiger partial charge in [-0.15, -0.1) is 0 Å². The number of likely N-dealkylation sites (tertiary alicyclic amines) is 1. The monoisotopic (exact) mass is 297 g/mol. The van der Waals surface area contributed by atoms with Crippen LogP contribution < -0.4 is 11.3 Å². The van der Waals surface area contributed by atoms with E-state index in [2.05, 4.69) is 14.7 Å². The third-order valence-electron chi connectivity index (χ3n) is 4.23. The summed E-state index contributed by atoms with van der Waals surface area (Å²) in [6, 6.07) is 5.56. The minimum atomic E-state index is -0.122. The lowest BCUT2D eigenvalue weighted by molar-refractivity contribution is 0.206. The standard InChI is InChI=1S/C16H19N5O/c1-18-13-2-3-14-15(10-13)21(16(22)11-19-14)9-8-20-6-4-12(17)5-7-20/h2-3,10-12H,4-9,17H2. The van der Waals surface area contributed by atoms with Gasteiger partial charge in [-0.2, -0.15) is 0 Å². The molecular weight excluding hydrogens is 278 g/mol. The van der Waals surface area contributed by atoms with Crippen LogP contribution in [0.25, 0.3) is 15.9 Å². The maximum atomic E-state index is 12.1. The highest BCUT2D eigenvalue weighted by atomic mass is 16.1. The zero-order valence-electron chi connectivity index (χ0n) is 12.4. The molecule has 1 saturated heterocycles. The van der Waals surface area contributed by atoms with Crippen LogP contribution in [0, 0.1) is 6.57 Å². The summed E-state index contributed by atoms with van der Waals surface area (Å²) >= 11 is 0. The molecule has 0 spiro atoms. The summed E-state index contributed by atoms with van der Waals surface area (Å²) < 4.78 is 1.71. The molecule has 1 aromatic heterocycles. The SMILES string of the molecule is [C-]#[N+]c1ccc2ncc(=O)n(CCN3CCC(N)CC3)c2c1. The molecular formula is C16H19N5O. The zero-order chi connectivity index (χ0) is 15.5. The quantitative estimate of drug-likeness (QED) is 0.869. The normalized spacial score (nSPS) is 16.7. The number of rotatable bonds is 3. The second kappa shape index (κ2) is 6.26. The van der Waals surface area contributed by atoms with Crippen molar-refractivity contribution >= 4 is 16.7 Å². The van der Waals surface area contributed by atoms with Crippen LogP contribution in [0.1, 0.15) is 12.8 Å². The van der Waals surface area contributed by atoms with E-state index in [4.69, 9.17) is 12.3 Å². The van der Waals surface area contributed by atoms with Crippen molar-refractivity contribution in [1.29, 1.82) is 0 Å². The lowest BCUT2D eigenvalue weighted by atomic mass is 10.1. The predicted molar refractivity (Wildman–Crippen MR) is 85.9 cm³/mol. The molecule has 1 aliphatic rings. The molecule has 22 heavy (non-hydrogen) atoms. The topological polar surface area (TPSA) is 68.5 Å². The highest BCUT2D eigenvalue weighted by Crippen LogP contribution is 2.18. The Labute approximate surface area is 129 Å². The Balaban J connectivity index is 1.84. The average Bonchev–Trinajstić information content (AvgIpc) is 2.55. The number of nitrogens with zero attached hydrogens (tertiary/aromatic N) is 4. The number of hydrogen-bond acceptors (Lipinski definition) is 4. The summed E-state index contributed by atoms with van der Waals surface area (Å²) in [7, 11) is 0. The number of benzene rings is 1. The van der Waals surface area contributed by atoms with Crippen LogP contribution in [-0.4, -0.2) is 40.1 Å². The molecule has 0 atom stereocenters. The number of piperidine rings is 1. The first-order valence-corrected chi connectivity index (χ1v) is 7.52. The summed E-state index contributed by atoms with van der Waals surface area (Å²) in [4.78, 5) is 22.1. The zero-order valence-corrected chi connectivity index (χ0v) is 12.4. The number of nitrogens with two attached hydrogens (primary N) is 1. The van der Waals surface area contributed by atoms with E-state index in [1.54, 1.807) is 22.8 Å². The van der Waals surface area contributed by atoms with Gasteiger partial charge in [-0.1, -0.05) is 6.07 Å². The predicted octanol–water partition coefficient (Wildman–Crippen LogP) is 1.37. The Bertz CT molecular complexity index is 768. The number of hydrogen-bond donors (Lipinski definition) is 1. The van der Waals surface area contributed by atoms with Crippen LogP contribution in [0.2, 0.25) is 0 Å². The second-order valence-corrected chi connectivity index (χ2v) is 5.71. The van der Waals surface area contributed by atoms with Gasteiger partial charge in [0.2, 0.25) is 0 Å². The van der Waals surface area contributed by atoms with E-state index in [9.17, 15) is 4.79 Å². The van der Waals surface area contributed by atoms with E-state index < -0.39 is 0 Å². The molecule has 1 fully saturated rings. The molecule has 3 rings (SSSR count). The van der Waals surface area contributed by atoms with Gasteiger partial charge in [0.15, 0.2) is 5.69 Å². The van der Waals surface area contributed by atoms with Crippen LogP contribution in [0.3, 0.4) is 0 Å². The van der Waals surface area contributed by atoms with Crippen molar-refractivity contribution < 1.29 is 0 Å². The van der Waals surface area contributed by atoms with Crippen molar-refractivity contribution in [3.63, 3.8) is 0 Å². The van der Waals surface area contributed by atoms with Gasteiger partial charge in [0.25, 0.3) is 5.56 Å². The fourth-order valence-electron chi connectivity index (χ4n) is 2.87. The molecule has 0 amide bonds. The van der Waals surface area contributed by atoms with Gasteiger partial charge in [-0.3, -0.25) is 4.79 Å². The van der Waals surface area contributed by atoms with Gasteiger partial charge in [-0.25, -0.2) is 9.83 Å². The van der Waals surface area contributed by atoms with Crippen molar-refractivity contribution in [2.45, 2.75) is 25.4 Å². The molecule has 1 aliphatic heterocycles. The Kier molecular flexibility index (Phi) is 4.18. The van der Waals surface area contributed by atoms with Crippen LogP contribution in [0.15, 0.2) is 29.2 Å². The summed E-state index contributed by atoms with van der Waals surface area (Å²) in [5.41, 5.74) is 7.79. The molecule has 0 radical (unpaired) electrons. The summed E-state index contributed by atoms with van der Waals surface area (Å²) in [5.74, 6) is 0. The van der Waals surface area contributed by atoms with Gasteiger partial charge in [0.1, 0.15) is 0 Å². The van der Waals surface area contributed by atoms with Gasteiger partial charge in [-0.05, 0) is 38.1 Å². The van der Waals surface area contributed by atoms with Gasteiger partial charge in [0.05, 0.1) is 23.8 Å². The Hall–Kier alpha value is -2.23. The van der Waals surface area contributed by atoms with Crippen molar-refractivity contribution in [2.24, 2.45) is 5.73 Å². The maximum Gasteiger partial charge on any atom is 0.269 e. The summed E-state index contributed by atoms with van der Waals surface area (Å²) in [5, 5.41) is 0. The van der Waals surface area contributed by atoms with E-state index >= 15 is 0 Å². The Morgan fingerprint density at radius 3 is 2.82 bits per heavy atom. The molecule has 6 heteroatoms. The van der Waals surface area contributed by atoms with E-state index in [-0.39, 0.29) is 5.56 Å². The van der Waals surface area contributed by atoms with Gasteiger partial charge >= 0.3 is 0 Å². The first-order chi connectivity index (χ1) is 10.7. The van der Waals surface area contributed by atoms with Crippen LogP contribution in [0.4, 0.5) is 5.69 Å². The first kappa shape index (κ1) is 14.7. The maximum absolute atomic E-state index is 12.1. The number of fused-ring (bicyclic) bond motifs is 1. The highest BCUT2D eigenvalue weighted by molar-refractivity contribution is 5.79. The van der Waals surface area contributed by atoms with Crippen LogP contribution in [-0.2, 0) is 6.54 Å². The Morgan fingerprint density at radius 1 is 1.32 bits per heavy atom. The first-order valence-electron chi connectivity index (χ1n) is 7.52. The minimum absolute atomic E-state index is 0.122. The second-order valence-electron chi connectivity index (χ2n) is 5.71. The van der Waals surface area contributed by atoms with Crippen molar-refractivity contribution in [3.05, 3.63) is 46.2 Å². The van der Waals surface area contributed by atoms with Crippen molar-refractivity contribution in [1.82, 2.24) is 14.5 Å². The van der Waals surface area contributed by atoms with E-state index in [1.165, 1.54) is 6.20 Å². The lowest BCUT2D eigenvalue weighted by Gasteiger charge is -2.30. The lowest BCUT2D eigenvalue weighted by Crippen LogP contribution is -2.41. The molecule has 0 unspecified atom stereocenters. The van der Waals surface area contributed by atoms with Crippen molar-refractivity contribution in [3.8, 4) is 0 Å². The molecule has 2 N–H and O–H groups in total. The fourth-order valence-corrected chi connectivity index (χ4v) is 2.87. The molecule has 2 aromatic rings. The molecule has 1 aromatic carbocycles. The fraction of sp³-hybridized carbons (Fsp3) is 0.438. The van der Waals surface area contributed by atoms with Gasteiger partial charge < -0.3 is 15.2 Å². The third-order valence-corrected chi connectivity index (χ3v) is 4.23.